The number of hydrogen-bond acceptors (Lipinski definition) is 3. The summed E-state index contributed by atoms with van der Waals surface area (Å²) in [6.45, 7) is 3.93. The molecule has 5 heteroatoms. The van der Waals surface area contributed by atoms with Crippen molar-refractivity contribution in [1.82, 2.24) is 5.32 Å². The molecule has 1 amide bonds. The zero-order chi connectivity index (χ0) is 13.5. The van der Waals surface area contributed by atoms with Gasteiger partial charge >= 0.3 is 5.97 Å². The van der Waals surface area contributed by atoms with Crippen LogP contribution in [-0.2, 0) is 9.59 Å². The molecule has 5 nitrogen and oxygen atoms in total. The van der Waals surface area contributed by atoms with E-state index in [2.05, 4.69) is 11.9 Å². The van der Waals surface area contributed by atoms with Crippen LogP contribution in [0.1, 0.15) is 32.1 Å². The molecule has 1 saturated carbocycles. The molecule has 0 spiro atoms. The van der Waals surface area contributed by atoms with Gasteiger partial charge in [0.05, 0.1) is 12.0 Å². The second-order valence-corrected chi connectivity index (χ2v) is 4.87. The lowest BCUT2D eigenvalue weighted by Crippen LogP contribution is -2.44. The van der Waals surface area contributed by atoms with Crippen molar-refractivity contribution in [2.24, 2.45) is 17.6 Å². The molecule has 4 N–H and O–H groups in total. The maximum Gasteiger partial charge on any atom is 0.306 e. The standard InChI is InChI=1S/C13H22N2O3/c1-2-5-11(14)12(16)15-8-9-6-3-4-7-10(9)13(17)18/h2,9-11H,1,3-8,14H2,(H,15,16)(H,17,18). The van der Waals surface area contributed by atoms with Crippen LogP contribution >= 0.6 is 0 Å². The quantitative estimate of drug-likeness (QED) is 0.614. The van der Waals surface area contributed by atoms with E-state index in [4.69, 9.17) is 10.8 Å². The summed E-state index contributed by atoms with van der Waals surface area (Å²) in [6.07, 6.45) is 5.58. The first kappa shape index (κ1) is 14.7. The Hall–Kier alpha value is -1.36. The van der Waals surface area contributed by atoms with Gasteiger partial charge in [-0.15, -0.1) is 6.58 Å². The van der Waals surface area contributed by atoms with E-state index in [1.54, 1.807) is 6.08 Å². The number of amides is 1. The van der Waals surface area contributed by atoms with Crippen molar-refractivity contribution < 1.29 is 14.7 Å². The van der Waals surface area contributed by atoms with Crippen molar-refractivity contribution in [1.29, 1.82) is 0 Å². The largest absolute Gasteiger partial charge is 0.481 e. The number of carboxylic acid groups (broad SMARTS) is 1. The highest BCUT2D eigenvalue weighted by atomic mass is 16.4. The van der Waals surface area contributed by atoms with Gasteiger partial charge in [0.15, 0.2) is 0 Å². The van der Waals surface area contributed by atoms with E-state index >= 15 is 0 Å². The Morgan fingerprint density at radius 2 is 2.11 bits per heavy atom. The maximum atomic E-state index is 11.6. The Labute approximate surface area is 107 Å². The summed E-state index contributed by atoms with van der Waals surface area (Å²) in [5.41, 5.74) is 5.64. The molecule has 0 aromatic heterocycles. The van der Waals surface area contributed by atoms with Gasteiger partial charge in [-0.25, -0.2) is 0 Å². The number of rotatable bonds is 6. The summed E-state index contributed by atoms with van der Waals surface area (Å²) in [5, 5.41) is 11.9. The van der Waals surface area contributed by atoms with Gasteiger partial charge in [-0.3, -0.25) is 9.59 Å². The van der Waals surface area contributed by atoms with Gasteiger partial charge in [-0.2, -0.15) is 0 Å². The van der Waals surface area contributed by atoms with E-state index in [0.717, 1.165) is 19.3 Å². The van der Waals surface area contributed by atoms with Crippen molar-refractivity contribution in [2.45, 2.75) is 38.1 Å². The summed E-state index contributed by atoms with van der Waals surface area (Å²) in [6, 6.07) is -0.589. The summed E-state index contributed by atoms with van der Waals surface area (Å²) in [7, 11) is 0. The fourth-order valence-electron chi connectivity index (χ4n) is 2.43. The molecule has 1 aliphatic carbocycles. The van der Waals surface area contributed by atoms with Gasteiger partial charge in [0, 0.05) is 6.54 Å². The van der Waals surface area contributed by atoms with Crippen molar-refractivity contribution in [2.75, 3.05) is 6.54 Å². The Bertz CT molecular complexity index is 317. The van der Waals surface area contributed by atoms with E-state index in [1.165, 1.54) is 0 Å². The fourth-order valence-corrected chi connectivity index (χ4v) is 2.43. The van der Waals surface area contributed by atoms with Crippen LogP contribution in [0.2, 0.25) is 0 Å². The number of nitrogens with two attached hydrogens (primary N) is 1. The average Bonchev–Trinajstić information content (AvgIpc) is 2.36. The minimum Gasteiger partial charge on any atom is -0.481 e. The SMILES string of the molecule is C=CCC(N)C(=O)NCC1CCCCC1C(=O)O. The normalized spacial score (nSPS) is 25.2. The number of carbonyl (C=O) groups excluding carboxylic acids is 1. The highest BCUT2D eigenvalue weighted by molar-refractivity contribution is 5.81. The molecule has 1 aliphatic rings. The molecule has 0 saturated heterocycles. The summed E-state index contributed by atoms with van der Waals surface area (Å²) in [4.78, 5) is 22.7. The third-order valence-corrected chi connectivity index (χ3v) is 3.52. The van der Waals surface area contributed by atoms with Crippen LogP contribution in [0.3, 0.4) is 0 Å². The minimum atomic E-state index is -0.760. The predicted octanol–water partition coefficient (Wildman–Crippen LogP) is 0.897. The molecule has 0 bridgehead atoms. The third-order valence-electron chi connectivity index (χ3n) is 3.52. The number of aliphatic carboxylic acids is 1. The topological polar surface area (TPSA) is 92.4 Å². The van der Waals surface area contributed by atoms with Crippen LogP contribution in [0.25, 0.3) is 0 Å². The number of carboxylic acids is 1. The Morgan fingerprint density at radius 3 is 2.72 bits per heavy atom. The molecular weight excluding hydrogens is 232 g/mol. The van der Waals surface area contributed by atoms with Crippen LogP contribution in [0, 0.1) is 11.8 Å². The number of nitrogens with one attached hydrogen (secondary N) is 1. The molecule has 1 fully saturated rings. The number of hydrogen-bond donors (Lipinski definition) is 3. The van der Waals surface area contributed by atoms with Crippen LogP contribution in [0.5, 0.6) is 0 Å². The second-order valence-electron chi connectivity index (χ2n) is 4.87. The predicted molar refractivity (Wildman–Crippen MR) is 68.9 cm³/mol. The Balaban J connectivity index is 2.43. The smallest absolute Gasteiger partial charge is 0.306 e. The first-order valence-corrected chi connectivity index (χ1v) is 6.43. The highest BCUT2D eigenvalue weighted by Gasteiger charge is 2.31. The third kappa shape index (κ3) is 4.14. The van der Waals surface area contributed by atoms with Gasteiger partial charge in [0.1, 0.15) is 0 Å². The van der Waals surface area contributed by atoms with Gasteiger partial charge < -0.3 is 16.2 Å². The van der Waals surface area contributed by atoms with E-state index < -0.39 is 12.0 Å². The maximum absolute atomic E-state index is 11.6. The summed E-state index contributed by atoms with van der Waals surface area (Å²) >= 11 is 0. The average molecular weight is 254 g/mol. The van der Waals surface area contributed by atoms with E-state index in [-0.39, 0.29) is 17.7 Å². The first-order valence-electron chi connectivity index (χ1n) is 6.43. The first-order chi connectivity index (χ1) is 8.56. The van der Waals surface area contributed by atoms with Gasteiger partial charge in [0.2, 0.25) is 5.91 Å². The molecule has 0 aliphatic heterocycles. The molecule has 18 heavy (non-hydrogen) atoms. The zero-order valence-corrected chi connectivity index (χ0v) is 10.6. The lowest BCUT2D eigenvalue weighted by atomic mass is 9.79. The van der Waals surface area contributed by atoms with Crippen molar-refractivity contribution >= 4 is 11.9 Å². The van der Waals surface area contributed by atoms with Gasteiger partial charge in [-0.05, 0) is 25.2 Å². The lowest BCUT2D eigenvalue weighted by molar-refractivity contribution is -0.145. The molecule has 0 radical (unpaired) electrons. The van der Waals surface area contributed by atoms with Crippen LogP contribution in [-0.4, -0.2) is 29.6 Å². The van der Waals surface area contributed by atoms with Gasteiger partial charge in [-0.1, -0.05) is 18.9 Å². The van der Waals surface area contributed by atoms with E-state index in [0.29, 0.717) is 19.4 Å². The fraction of sp³-hybridized carbons (Fsp3) is 0.692. The van der Waals surface area contributed by atoms with Crippen molar-refractivity contribution in [3.8, 4) is 0 Å². The monoisotopic (exact) mass is 254 g/mol. The molecule has 102 valence electrons. The molecular formula is C13H22N2O3. The molecule has 3 atom stereocenters. The van der Waals surface area contributed by atoms with Crippen molar-refractivity contribution in [3.05, 3.63) is 12.7 Å². The van der Waals surface area contributed by atoms with Crippen molar-refractivity contribution in [3.63, 3.8) is 0 Å². The van der Waals surface area contributed by atoms with Crippen LogP contribution in [0.15, 0.2) is 12.7 Å². The second kappa shape index (κ2) is 7.16. The zero-order valence-electron chi connectivity index (χ0n) is 10.6. The van der Waals surface area contributed by atoms with E-state index in [1.807, 2.05) is 0 Å². The highest BCUT2D eigenvalue weighted by Crippen LogP contribution is 2.29. The van der Waals surface area contributed by atoms with Crippen LogP contribution in [0.4, 0.5) is 0 Å². The Morgan fingerprint density at radius 1 is 1.44 bits per heavy atom. The number of carbonyl (C=O) groups is 2. The molecule has 3 unspecified atom stereocenters. The summed E-state index contributed by atoms with van der Waals surface area (Å²) in [5.74, 6) is -1.31. The Kier molecular flexibility index (Phi) is 5.85. The molecule has 0 aromatic rings. The van der Waals surface area contributed by atoms with Crippen LogP contribution < -0.4 is 11.1 Å². The molecule has 1 rings (SSSR count). The molecule has 0 heterocycles. The summed E-state index contributed by atoms with van der Waals surface area (Å²) < 4.78 is 0. The van der Waals surface area contributed by atoms with Gasteiger partial charge in [0.25, 0.3) is 0 Å². The lowest BCUT2D eigenvalue weighted by Gasteiger charge is -2.28. The van der Waals surface area contributed by atoms with E-state index in [9.17, 15) is 9.59 Å². The molecule has 0 aromatic carbocycles. The minimum absolute atomic E-state index is 0.0242.